The molecule has 2 rings (SSSR count). The first-order valence-electron chi connectivity index (χ1n) is 5.07. The lowest BCUT2D eigenvalue weighted by Gasteiger charge is -2.20. The van der Waals surface area contributed by atoms with Crippen molar-refractivity contribution in [2.24, 2.45) is 4.99 Å². The highest BCUT2D eigenvalue weighted by atomic mass is 32.2. The fourth-order valence-corrected chi connectivity index (χ4v) is 2.49. The van der Waals surface area contributed by atoms with Crippen LogP contribution < -0.4 is 0 Å². The van der Waals surface area contributed by atoms with E-state index < -0.39 is 5.54 Å². The van der Waals surface area contributed by atoms with Crippen molar-refractivity contribution in [1.29, 1.82) is 0 Å². The number of carbonyl (C=O) groups is 1. The van der Waals surface area contributed by atoms with Gasteiger partial charge in [-0.05, 0) is 18.7 Å². The van der Waals surface area contributed by atoms with E-state index in [2.05, 4.69) is 4.99 Å². The van der Waals surface area contributed by atoms with Crippen LogP contribution in [0.5, 0.6) is 0 Å². The van der Waals surface area contributed by atoms with Gasteiger partial charge in [-0.2, -0.15) is 0 Å². The Morgan fingerprint density at radius 2 is 1.94 bits per heavy atom. The molecule has 3 nitrogen and oxygen atoms in total. The van der Waals surface area contributed by atoms with Crippen molar-refractivity contribution < 1.29 is 4.79 Å². The molecule has 1 unspecified atom stereocenters. The first-order chi connectivity index (χ1) is 7.59. The second-order valence-electron chi connectivity index (χ2n) is 3.90. The van der Waals surface area contributed by atoms with Crippen LogP contribution in [0.3, 0.4) is 0 Å². The summed E-state index contributed by atoms with van der Waals surface area (Å²) < 4.78 is 0. The summed E-state index contributed by atoms with van der Waals surface area (Å²) >= 11 is 1.50. The van der Waals surface area contributed by atoms with Crippen molar-refractivity contribution in [1.82, 2.24) is 4.90 Å². The molecule has 1 atom stereocenters. The molecule has 0 N–H and O–H groups in total. The molecular formula is C12H14N2OS. The molecule has 1 heterocycles. The molecule has 1 amide bonds. The maximum absolute atomic E-state index is 12.2. The van der Waals surface area contributed by atoms with Gasteiger partial charge in [0.05, 0.1) is 0 Å². The molecule has 0 bridgehead atoms. The molecule has 0 saturated heterocycles. The van der Waals surface area contributed by atoms with Crippen LogP contribution in [0.1, 0.15) is 12.5 Å². The Bertz CT molecular complexity index is 444. The predicted octanol–water partition coefficient (Wildman–Crippen LogP) is 2.09. The zero-order valence-electron chi connectivity index (χ0n) is 9.60. The van der Waals surface area contributed by atoms with Gasteiger partial charge < -0.3 is 0 Å². The molecule has 4 heteroatoms. The Kier molecular flexibility index (Phi) is 2.76. The fourth-order valence-electron chi connectivity index (χ4n) is 1.86. The zero-order chi connectivity index (χ0) is 11.8. The molecular weight excluding hydrogens is 220 g/mol. The summed E-state index contributed by atoms with van der Waals surface area (Å²) in [6, 6.07) is 9.69. The lowest BCUT2D eigenvalue weighted by molar-refractivity contribution is -0.129. The minimum absolute atomic E-state index is 0.0306. The number of amidine groups is 1. The van der Waals surface area contributed by atoms with Gasteiger partial charge in [-0.1, -0.05) is 42.1 Å². The Morgan fingerprint density at radius 3 is 2.44 bits per heavy atom. The summed E-state index contributed by atoms with van der Waals surface area (Å²) in [5.74, 6) is 0.0306. The van der Waals surface area contributed by atoms with Gasteiger partial charge in [0.2, 0.25) is 0 Å². The zero-order valence-corrected chi connectivity index (χ0v) is 10.4. The van der Waals surface area contributed by atoms with Crippen molar-refractivity contribution in [3.8, 4) is 0 Å². The topological polar surface area (TPSA) is 32.7 Å². The molecule has 1 aliphatic rings. The molecule has 1 aliphatic heterocycles. The second-order valence-corrected chi connectivity index (χ2v) is 4.67. The number of thioether (sulfide) groups is 1. The van der Waals surface area contributed by atoms with Crippen LogP contribution in [0, 0.1) is 0 Å². The number of carbonyl (C=O) groups excluding carboxylic acids is 1. The van der Waals surface area contributed by atoms with E-state index in [1.165, 1.54) is 11.8 Å². The smallest absolute Gasteiger partial charge is 0.260 e. The first-order valence-corrected chi connectivity index (χ1v) is 6.29. The highest BCUT2D eigenvalue weighted by Gasteiger charge is 2.43. The van der Waals surface area contributed by atoms with Gasteiger partial charge >= 0.3 is 0 Å². The molecule has 0 radical (unpaired) electrons. The van der Waals surface area contributed by atoms with Crippen molar-refractivity contribution in [2.75, 3.05) is 13.3 Å². The summed E-state index contributed by atoms with van der Waals surface area (Å²) in [5.41, 5.74) is 0.185. The number of hydrogen-bond donors (Lipinski definition) is 0. The SMILES string of the molecule is CSC1=NC(C)(c2ccccc2)C(=O)N1C. The van der Waals surface area contributed by atoms with Crippen LogP contribution in [0.15, 0.2) is 35.3 Å². The second kappa shape index (κ2) is 3.94. The lowest BCUT2D eigenvalue weighted by atomic mass is 9.92. The summed E-state index contributed by atoms with van der Waals surface area (Å²) in [4.78, 5) is 18.3. The van der Waals surface area contributed by atoms with E-state index in [4.69, 9.17) is 0 Å². The molecule has 0 fully saturated rings. The third-order valence-corrected chi connectivity index (χ3v) is 3.58. The highest BCUT2D eigenvalue weighted by Crippen LogP contribution is 2.34. The van der Waals surface area contributed by atoms with Gasteiger partial charge in [0.1, 0.15) is 0 Å². The van der Waals surface area contributed by atoms with E-state index in [1.54, 1.807) is 11.9 Å². The number of benzene rings is 1. The van der Waals surface area contributed by atoms with E-state index in [9.17, 15) is 4.79 Å². The molecule has 1 aromatic rings. The average molecular weight is 234 g/mol. The molecule has 0 spiro atoms. The van der Waals surface area contributed by atoms with Gasteiger partial charge in [0.15, 0.2) is 10.7 Å². The van der Waals surface area contributed by atoms with E-state index in [0.717, 1.165) is 10.7 Å². The van der Waals surface area contributed by atoms with Gasteiger partial charge in [-0.25, -0.2) is 4.99 Å². The summed E-state index contributed by atoms with van der Waals surface area (Å²) in [6.07, 6.45) is 1.93. The van der Waals surface area contributed by atoms with Crippen LogP contribution in [0.2, 0.25) is 0 Å². The summed E-state index contributed by atoms with van der Waals surface area (Å²) in [6.45, 7) is 1.87. The number of aliphatic imine (C=N–C) groups is 1. The minimum Gasteiger partial charge on any atom is -0.292 e. The fraction of sp³-hybridized carbons (Fsp3) is 0.333. The van der Waals surface area contributed by atoms with Crippen molar-refractivity contribution in [3.05, 3.63) is 35.9 Å². The standard InChI is InChI=1S/C12H14N2OS/c1-12(9-7-5-4-6-8-9)10(15)14(2)11(13-12)16-3/h4-8H,1-3H3. The molecule has 1 aromatic carbocycles. The lowest BCUT2D eigenvalue weighted by Crippen LogP contribution is -2.36. The van der Waals surface area contributed by atoms with Gasteiger partial charge in [-0.15, -0.1) is 0 Å². The van der Waals surface area contributed by atoms with Crippen LogP contribution in [0.25, 0.3) is 0 Å². The average Bonchev–Trinajstić information content (AvgIpc) is 2.56. The minimum atomic E-state index is -0.756. The summed E-state index contributed by atoms with van der Waals surface area (Å²) in [5, 5.41) is 0.774. The van der Waals surface area contributed by atoms with E-state index >= 15 is 0 Å². The Hall–Kier alpha value is -1.29. The van der Waals surface area contributed by atoms with E-state index in [1.807, 2.05) is 43.5 Å². The Labute approximate surface area is 99.6 Å². The third kappa shape index (κ3) is 1.53. The maximum atomic E-state index is 12.2. The van der Waals surface area contributed by atoms with Crippen molar-refractivity contribution in [3.63, 3.8) is 0 Å². The third-order valence-electron chi connectivity index (χ3n) is 2.85. The Morgan fingerprint density at radius 1 is 1.31 bits per heavy atom. The van der Waals surface area contributed by atoms with Gasteiger partial charge in [-0.3, -0.25) is 9.69 Å². The molecule has 0 aromatic heterocycles. The van der Waals surface area contributed by atoms with E-state index in [-0.39, 0.29) is 5.91 Å². The van der Waals surface area contributed by atoms with Crippen LogP contribution in [-0.2, 0) is 10.3 Å². The number of likely N-dealkylation sites (N-methyl/N-ethyl adjacent to an activating group) is 1. The highest BCUT2D eigenvalue weighted by molar-refractivity contribution is 8.13. The van der Waals surface area contributed by atoms with Crippen LogP contribution in [-0.4, -0.2) is 29.3 Å². The van der Waals surface area contributed by atoms with Crippen LogP contribution in [0.4, 0.5) is 0 Å². The normalized spacial score (nSPS) is 24.8. The molecule has 0 aliphatic carbocycles. The van der Waals surface area contributed by atoms with Crippen molar-refractivity contribution >= 4 is 22.8 Å². The van der Waals surface area contributed by atoms with E-state index in [0.29, 0.717) is 0 Å². The number of hydrogen-bond acceptors (Lipinski definition) is 3. The summed E-state index contributed by atoms with van der Waals surface area (Å²) in [7, 11) is 1.77. The molecule has 84 valence electrons. The van der Waals surface area contributed by atoms with Gasteiger partial charge in [0, 0.05) is 7.05 Å². The molecule has 0 saturated carbocycles. The first kappa shape index (κ1) is 11.2. The monoisotopic (exact) mass is 234 g/mol. The van der Waals surface area contributed by atoms with Crippen LogP contribution >= 0.6 is 11.8 Å². The number of rotatable bonds is 1. The largest absolute Gasteiger partial charge is 0.292 e. The maximum Gasteiger partial charge on any atom is 0.260 e. The number of amides is 1. The number of nitrogens with zero attached hydrogens (tertiary/aromatic N) is 2. The predicted molar refractivity (Wildman–Crippen MR) is 67.5 cm³/mol. The van der Waals surface area contributed by atoms with Crippen molar-refractivity contribution in [2.45, 2.75) is 12.5 Å². The Balaban J connectivity index is 2.48. The van der Waals surface area contributed by atoms with Gasteiger partial charge in [0.25, 0.3) is 5.91 Å². The molecule has 16 heavy (non-hydrogen) atoms. The quantitative estimate of drug-likeness (QED) is 0.745.